The number of carbonyl (C=O) groups is 3. The van der Waals surface area contributed by atoms with E-state index in [2.05, 4.69) is 0 Å². The van der Waals surface area contributed by atoms with Crippen LogP contribution in [0, 0.1) is 0 Å². The molecule has 1 aliphatic heterocycles. The van der Waals surface area contributed by atoms with Crippen LogP contribution in [0.15, 0.2) is 113 Å². The van der Waals surface area contributed by atoms with Crippen LogP contribution >= 0.6 is 0 Å². The van der Waals surface area contributed by atoms with Gasteiger partial charge in [0, 0.05) is 12.3 Å². The van der Waals surface area contributed by atoms with Gasteiger partial charge in [-0.2, -0.15) is 0 Å². The number of carbonyl (C=O) groups excluding carboxylic acids is 3. The lowest BCUT2D eigenvalue weighted by Crippen LogP contribution is -2.58. The average Bonchev–Trinajstić information content (AvgIpc) is 3.28. The number of nitrogens with zero attached hydrogens (tertiary/aromatic N) is 1. The predicted molar refractivity (Wildman–Crippen MR) is 148 cm³/mol. The van der Waals surface area contributed by atoms with Crippen LogP contribution < -0.4 is 11.2 Å². The molecule has 1 saturated heterocycles. The van der Waals surface area contributed by atoms with Gasteiger partial charge in [0.05, 0.1) is 16.7 Å². The summed E-state index contributed by atoms with van der Waals surface area (Å²) in [6, 6.07) is 22.9. The molecule has 13 heteroatoms. The molecule has 0 unspecified atom stereocenters. The van der Waals surface area contributed by atoms with Gasteiger partial charge < -0.3 is 18.9 Å². The Bertz CT molecular complexity index is 1770. The first kappa shape index (κ1) is 30.0. The van der Waals surface area contributed by atoms with E-state index in [9.17, 15) is 24.0 Å². The Hall–Kier alpha value is -5.43. The molecule has 0 radical (unpaired) electrons. The maximum absolute atomic E-state index is 17.1. The van der Waals surface area contributed by atoms with Gasteiger partial charge in [0.25, 0.3) is 11.4 Å². The molecule has 0 amide bonds. The molecule has 1 fully saturated rings. The number of hydrogen-bond donors (Lipinski definition) is 1. The second kappa shape index (κ2) is 12.4. The molecule has 5 rings (SSSR count). The molecular weight excluding hydrogens is 582 g/mol. The number of benzene rings is 3. The van der Waals surface area contributed by atoms with Gasteiger partial charge in [-0.3, -0.25) is 14.3 Å². The van der Waals surface area contributed by atoms with Crippen molar-refractivity contribution in [3.8, 4) is 0 Å². The summed E-state index contributed by atoms with van der Waals surface area (Å²) >= 11 is 0. The molecule has 0 bridgehead atoms. The van der Waals surface area contributed by atoms with E-state index in [1.165, 1.54) is 72.8 Å². The van der Waals surface area contributed by atoms with Crippen molar-refractivity contribution >= 4 is 17.9 Å². The third kappa shape index (κ3) is 5.90. The maximum Gasteiger partial charge on any atom is 0.339 e. The molecule has 1 N–H and O–H groups in total. The van der Waals surface area contributed by atoms with Gasteiger partial charge in [0.1, 0.15) is 6.67 Å². The summed E-state index contributed by atoms with van der Waals surface area (Å²) < 4.78 is 54.9. The van der Waals surface area contributed by atoms with E-state index in [0.717, 1.165) is 12.3 Å². The molecule has 226 valence electrons. The number of rotatable bonds is 9. The summed E-state index contributed by atoms with van der Waals surface area (Å²) in [5.74, 6) is -6.74. The van der Waals surface area contributed by atoms with Crippen LogP contribution in [0.1, 0.15) is 37.3 Å². The first-order valence-electron chi connectivity index (χ1n) is 13.2. The monoisotopic (exact) mass is 606 g/mol. The summed E-state index contributed by atoms with van der Waals surface area (Å²) in [6.07, 6.45) is -3.75. The lowest BCUT2D eigenvalue weighted by molar-refractivity contribution is -0.208. The average molecular weight is 607 g/mol. The summed E-state index contributed by atoms with van der Waals surface area (Å²) in [6.45, 7) is -3.04. The Kier molecular flexibility index (Phi) is 8.49. The van der Waals surface area contributed by atoms with Crippen LogP contribution in [-0.4, -0.2) is 58.3 Å². The van der Waals surface area contributed by atoms with Crippen molar-refractivity contribution in [2.45, 2.75) is 23.8 Å². The van der Waals surface area contributed by atoms with Gasteiger partial charge in [-0.1, -0.05) is 54.6 Å². The highest BCUT2D eigenvalue weighted by Gasteiger charge is 2.72. The van der Waals surface area contributed by atoms with Gasteiger partial charge in [0.15, 0.2) is 12.8 Å². The quantitative estimate of drug-likeness (QED) is 0.224. The number of halogens is 2. The Morgan fingerprint density at radius 3 is 1.84 bits per heavy atom. The Balaban J connectivity index is 1.62. The predicted octanol–water partition coefficient (Wildman–Crippen LogP) is 3.38. The topological polar surface area (TPSA) is 143 Å². The summed E-state index contributed by atoms with van der Waals surface area (Å²) in [5, 5.41) is 0. The standard InChI is InChI=1S/C31H24F2N2O9/c32-18-30(43-26(39)22-14-8-3-9-15-22)27(42-25(38)21-12-6-2-7-13-21)31(33,19-41-24(37)20-10-4-1-5-11-20)44-28(30)35-17-16-23(36)34-29(35)40/h1-17,27-28H,18-19H2,(H,34,36,40)/t27-,28+,30+,31+/m0/s1. The minimum absolute atomic E-state index is 0.0348. The Morgan fingerprint density at radius 1 is 0.795 bits per heavy atom. The summed E-state index contributed by atoms with van der Waals surface area (Å²) in [5.41, 5.74) is -5.04. The zero-order valence-electron chi connectivity index (χ0n) is 22.8. The Labute approximate surface area is 247 Å². The van der Waals surface area contributed by atoms with Gasteiger partial charge in [-0.25, -0.2) is 28.0 Å². The SMILES string of the molecule is O=C(OC[C@@]1(F)O[C@@H](n2ccc(=O)[nH]c2=O)[C@](CF)(OC(=O)c2ccccc2)[C@@H]1OC(=O)c1ccccc1)c1ccccc1. The van der Waals surface area contributed by atoms with E-state index in [-0.39, 0.29) is 16.7 Å². The van der Waals surface area contributed by atoms with Crippen molar-refractivity contribution in [1.82, 2.24) is 9.55 Å². The first-order chi connectivity index (χ1) is 21.2. The minimum Gasteiger partial charge on any atom is -0.456 e. The minimum atomic E-state index is -3.39. The third-order valence-corrected chi connectivity index (χ3v) is 6.81. The zero-order chi connectivity index (χ0) is 31.3. The lowest BCUT2D eigenvalue weighted by Gasteiger charge is -2.35. The van der Waals surface area contributed by atoms with Crippen molar-refractivity contribution in [2.24, 2.45) is 0 Å². The highest BCUT2D eigenvalue weighted by atomic mass is 19.2. The van der Waals surface area contributed by atoms with E-state index in [1.54, 1.807) is 18.2 Å². The molecule has 0 spiro atoms. The highest BCUT2D eigenvalue weighted by Crippen LogP contribution is 2.50. The molecule has 1 aromatic heterocycles. The van der Waals surface area contributed by atoms with Crippen LogP contribution in [0.2, 0.25) is 0 Å². The van der Waals surface area contributed by atoms with Gasteiger partial charge >= 0.3 is 23.6 Å². The van der Waals surface area contributed by atoms with E-state index >= 15 is 8.78 Å². The molecule has 1 aliphatic rings. The van der Waals surface area contributed by atoms with E-state index in [4.69, 9.17) is 18.9 Å². The van der Waals surface area contributed by atoms with Gasteiger partial charge in [0.2, 0.25) is 11.7 Å². The van der Waals surface area contributed by atoms with Gasteiger partial charge in [-0.05, 0) is 36.4 Å². The number of aromatic nitrogens is 2. The van der Waals surface area contributed by atoms with Crippen LogP contribution in [-0.2, 0) is 18.9 Å². The summed E-state index contributed by atoms with van der Waals surface area (Å²) in [4.78, 5) is 65.8. The van der Waals surface area contributed by atoms with Gasteiger partial charge in [-0.15, -0.1) is 0 Å². The normalized spacial score (nSPS) is 22.6. The fourth-order valence-electron chi connectivity index (χ4n) is 4.69. The smallest absolute Gasteiger partial charge is 0.339 e. The van der Waals surface area contributed by atoms with Crippen LogP contribution in [0.25, 0.3) is 0 Å². The fourth-order valence-corrected chi connectivity index (χ4v) is 4.69. The molecule has 3 aromatic carbocycles. The number of alkyl halides is 2. The van der Waals surface area contributed by atoms with Crippen molar-refractivity contribution in [2.75, 3.05) is 13.3 Å². The Morgan fingerprint density at radius 2 is 1.32 bits per heavy atom. The number of esters is 3. The molecule has 0 aliphatic carbocycles. The second-order valence-electron chi connectivity index (χ2n) is 9.71. The molecule has 4 atom stereocenters. The lowest BCUT2D eigenvalue weighted by atomic mass is 9.93. The van der Waals surface area contributed by atoms with Crippen LogP contribution in [0.3, 0.4) is 0 Å². The molecule has 0 saturated carbocycles. The van der Waals surface area contributed by atoms with Crippen molar-refractivity contribution in [3.63, 3.8) is 0 Å². The van der Waals surface area contributed by atoms with E-state index in [0.29, 0.717) is 4.57 Å². The largest absolute Gasteiger partial charge is 0.456 e. The van der Waals surface area contributed by atoms with Crippen molar-refractivity contribution < 1.29 is 42.1 Å². The van der Waals surface area contributed by atoms with E-state index in [1.807, 2.05) is 4.98 Å². The molecule has 11 nitrogen and oxygen atoms in total. The van der Waals surface area contributed by atoms with Crippen LogP contribution in [0.4, 0.5) is 8.78 Å². The summed E-state index contributed by atoms with van der Waals surface area (Å²) in [7, 11) is 0. The zero-order valence-corrected chi connectivity index (χ0v) is 22.8. The number of H-pyrrole nitrogens is 1. The molecule has 4 aromatic rings. The number of hydrogen-bond acceptors (Lipinski definition) is 9. The molecule has 2 heterocycles. The highest BCUT2D eigenvalue weighted by molar-refractivity contribution is 5.91. The second-order valence-corrected chi connectivity index (χ2v) is 9.71. The maximum atomic E-state index is 17.1. The fraction of sp³-hybridized carbons (Fsp3) is 0.194. The number of aromatic amines is 1. The number of ether oxygens (including phenoxy) is 4. The van der Waals surface area contributed by atoms with Crippen LogP contribution in [0.5, 0.6) is 0 Å². The van der Waals surface area contributed by atoms with Crippen molar-refractivity contribution in [1.29, 1.82) is 0 Å². The third-order valence-electron chi connectivity index (χ3n) is 6.81. The van der Waals surface area contributed by atoms with E-state index < -0.39 is 66.2 Å². The molecular formula is C31H24F2N2O9. The van der Waals surface area contributed by atoms with Crippen molar-refractivity contribution in [3.05, 3.63) is 141 Å². The molecule has 44 heavy (non-hydrogen) atoms. The number of nitrogens with one attached hydrogen (secondary N) is 1. The first-order valence-corrected chi connectivity index (χ1v) is 13.2.